The van der Waals surface area contributed by atoms with Crippen LogP contribution in [-0.2, 0) is 6.54 Å². The molecule has 2 aliphatic heterocycles. The first-order chi connectivity index (χ1) is 13.6. The van der Waals surface area contributed by atoms with Crippen LogP contribution in [0.3, 0.4) is 0 Å². The molecule has 1 atom stereocenters. The van der Waals surface area contributed by atoms with Gasteiger partial charge in [-0.25, -0.2) is 0 Å². The van der Waals surface area contributed by atoms with Crippen molar-refractivity contribution in [2.45, 2.75) is 38.8 Å². The van der Waals surface area contributed by atoms with Gasteiger partial charge in [0.1, 0.15) is 17.2 Å². The molecule has 1 fully saturated rings. The summed E-state index contributed by atoms with van der Waals surface area (Å²) in [6, 6.07) is 11.1. The number of likely N-dealkylation sites (tertiary alicyclic amines) is 1. The number of piperidine rings is 1. The maximum atomic E-state index is 12.9. The molecule has 0 bridgehead atoms. The largest absolute Gasteiger partial charge is 0.507 e. The maximum absolute atomic E-state index is 12.9. The molecular weight excluding hydrogens is 354 g/mol. The number of allylic oxidation sites excluding steroid dienone is 1. The number of hydrogen-bond acceptors (Lipinski definition) is 5. The third-order valence-electron chi connectivity index (χ3n) is 5.61. The van der Waals surface area contributed by atoms with Crippen LogP contribution in [0.4, 0.5) is 0 Å². The van der Waals surface area contributed by atoms with Gasteiger partial charge in [-0.3, -0.25) is 9.69 Å². The lowest BCUT2D eigenvalue weighted by Gasteiger charge is -2.33. The smallest absolute Gasteiger partial charge is 0.231 e. The third kappa shape index (κ3) is 3.50. The summed E-state index contributed by atoms with van der Waals surface area (Å²) in [7, 11) is 1.61. The number of benzene rings is 2. The highest BCUT2D eigenvalue weighted by molar-refractivity contribution is 6.15. The first-order valence-corrected chi connectivity index (χ1v) is 9.74. The number of rotatable bonds is 4. The molecular formula is C23H25NO4. The number of Topliss-reactive ketones (excluding diaryl/α,β-unsaturated/α-hetero) is 1. The van der Waals surface area contributed by atoms with E-state index in [1.807, 2.05) is 24.3 Å². The lowest BCUT2D eigenvalue weighted by atomic mass is 10.0. The van der Waals surface area contributed by atoms with Crippen molar-refractivity contribution in [2.75, 3.05) is 13.7 Å². The fourth-order valence-electron chi connectivity index (χ4n) is 3.93. The minimum atomic E-state index is -0.161. The average Bonchev–Trinajstić information content (AvgIpc) is 3.01. The molecule has 28 heavy (non-hydrogen) atoms. The molecule has 4 rings (SSSR count). The van der Waals surface area contributed by atoms with E-state index in [9.17, 15) is 9.90 Å². The van der Waals surface area contributed by atoms with Crippen LogP contribution in [-0.4, -0.2) is 35.5 Å². The quantitative estimate of drug-likeness (QED) is 0.799. The predicted molar refractivity (Wildman–Crippen MR) is 108 cm³/mol. The van der Waals surface area contributed by atoms with Gasteiger partial charge in [0.05, 0.1) is 18.2 Å². The lowest BCUT2D eigenvalue weighted by molar-refractivity contribution is 0.101. The van der Waals surface area contributed by atoms with E-state index in [4.69, 9.17) is 9.47 Å². The van der Waals surface area contributed by atoms with Crippen molar-refractivity contribution < 1.29 is 19.4 Å². The van der Waals surface area contributed by atoms with Gasteiger partial charge in [0.15, 0.2) is 5.76 Å². The zero-order valence-electron chi connectivity index (χ0n) is 16.3. The van der Waals surface area contributed by atoms with Gasteiger partial charge in [-0.05, 0) is 62.2 Å². The lowest BCUT2D eigenvalue weighted by Crippen LogP contribution is -2.36. The van der Waals surface area contributed by atoms with Crippen molar-refractivity contribution in [3.63, 3.8) is 0 Å². The fourth-order valence-corrected chi connectivity index (χ4v) is 3.93. The van der Waals surface area contributed by atoms with Gasteiger partial charge < -0.3 is 14.6 Å². The number of carbonyl (C=O) groups excluding carboxylic acids is 1. The summed E-state index contributed by atoms with van der Waals surface area (Å²) < 4.78 is 11.2. The first kappa shape index (κ1) is 18.6. The highest BCUT2D eigenvalue weighted by atomic mass is 16.5. The zero-order valence-corrected chi connectivity index (χ0v) is 16.3. The minimum absolute atomic E-state index is 0.161. The monoisotopic (exact) mass is 379 g/mol. The van der Waals surface area contributed by atoms with Gasteiger partial charge in [-0.1, -0.05) is 18.6 Å². The van der Waals surface area contributed by atoms with Gasteiger partial charge in [0.2, 0.25) is 5.78 Å². The van der Waals surface area contributed by atoms with Gasteiger partial charge in [0.25, 0.3) is 0 Å². The molecule has 2 aliphatic rings. The Labute approximate surface area is 165 Å². The second-order valence-corrected chi connectivity index (χ2v) is 7.47. The molecule has 0 aliphatic carbocycles. The van der Waals surface area contributed by atoms with Crippen LogP contribution in [0, 0.1) is 0 Å². The normalized spacial score (nSPS) is 20.9. The third-order valence-corrected chi connectivity index (χ3v) is 5.61. The van der Waals surface area contributed by atoms with E-state index in [2.05, 4.69) is 11.8 Å². The highest BCUT2D eigenvalue weighted by Crippen LogP contribution is 2.40. The molecule has 0 saturated carbocycles. The van der Waals surface area contributed by atoms with Crippen LogP contribution in [0.2, 0.25) is 0 Å². The molecule has 146 valence electrons. The summed E-state index contributed by atoms with van der Waals surface area (Å²) in [6.07, 6.45) is 5.26. The minimum Gasteiger partial charge on any atom is -0.507 e. The molecule has 1 saturated heterocycles. The second-order valence-electron chi connectivity index (χ2n) is 7.47. The predicted octanol–water partition coefficient (Wildman–Crippen LogP) is 4.39. The SMILES string of the molecule is COc1cccc(/C=C2\Oc3c(ccc(O)c3CN3CCCCC3C)C2=O)c1. The van der Waals surface area contributed by atoms with Crippen LogP contribution < -0.4 is 9.47 Å². The summed E-state index contributed by atoms with van der Waals surface area (Å²) in [6.45, 7) is 3.78. The Morgan fingerprint density at radius 2 is 2.14 bits per heavy atom. The van der Waals surface area contributed by atoms with Crippen molar-refractivity contribution in [1.82, 2.24) is 4.90 Å². The van der Waals surface area contributed by atoms with Crippen molar-refractivity contribution in [2.24, 2.45) is 0 Å². The van der Waals surface area contributed by atoms with Gasteiger partial charge in [-0.2, -0.15) is 0 Å². The molecule has 0 radical (unpaired) electrons. The van der Waals surface area contributed by atoms with E-state index in [0.29, 0.717) is 29.5 Å². The summed E-state index contributed by atoms with van der Waals surface area (Å²) in [5, 5.41) is 10.5. The van der Waals surface area contributed by atoms with E-state index < -0.39 is 0 Å². The molecule has 1 unspecified atom stereocenters. The van der Waals surface area contributed by atoms with E-state index in [0.717, 1.165) is 30.7 Å². The van der Waals surface area contributed by atoms with E-state index in [1.54, 1.807) is 25.3 Å². The Balaban J connectivity index is 1.65. The number of phenols is 1. The first-order valence-electron chi connectivity index (χ1n) is 9.74. The number of ether oxygens (including phenoxy) is 2. The molecule has 2 heterocycles. The van der Waals surface area contributed by atoms with Crippen LogP contribution in [0.25, 0.3) is 6.08 Å². The second kappa shape index (κ2) is 7.68. The Bertz CT molecular complexity index is 934. The van der Waals surface area contributed by atoms with Crippen molar-refractivity contribution in [3.05, 3.63) is 58.8 Å². The maximum Gasteiger partial charge on any atom is 0.231 e. The number of hydrogen-bond donors (Lipinski definition) is 1. The molecule has 5 nitrogen and oxygen atoms in total. The summed E-state index contributed by atoms with van der Waals surface area (Å²) in [5.74, 6) is 1.48. The number of aromatic hydroxyl groups is 1. The standard InChI is InChI=1S/C23H25NO4/c1-15-6-3-4-11-24(15)14-19-20(25)10-9-18-22(26)21(28-23(18)19)13-16-7-5-8-17(12-16)27-2/h5,7-10,12-13,15,25H,3-4,6,11,14H2,1-2H3/b21-13-. The molecule has 1 N–H and O–H groups in total. The number of methoxy groups -OCH3 is 1. The van der Waals surface area contributed by atoms with E-state index >= 15 is 0 Å². The summed E-state index contributed by atoms with van der Waals surface area (Å²) >= 11 is 0. The van der Waals surface area contributed by atoms with Crippen molar-refractivity contribution in [3.8, 4) is 17.2 Å². The topological polar surface area (TPSA) is 59.0 Å². The molecule has 2 aromatic rings. The zero-order chi connectivity index (χ0) is 19.7. The Hall–Kier alpha value is -2.79. The average molecular weight is 379 g/mol. The number of fused-ring (bicyclic) bond motifs is 1. The molecule has 0 aromatic heterocycles. The highest BCUT2D eigenvalue weighted by Gasteiger charge is 2.32. The van der Waals surface area contributed by atoms with Crippen LogP contribution in [0.1, 0.15) is 47.7 Å². The van der Waals surface area contributed by atoms with Crippen LogP contribution in [0.5, 0.6) is 17.2 Å². The number of nitrogens with zero attached hydrogens (tertiary/aromatic N) is 1. The molecule has 2 aromatic carbocycles. The molecule has 0 amide bonds. The number of carbonyl (C=O) groups is 1. The van der Waals surface area contributed by atoms with Gasteiger partial charge >= 0.3 is 0 Å². The molecule has 5 heteroatoms. The summed E-state index contributed by atoms with van der Waals surface area (Å²) in [5.41, 5.74) is 2.02. The van der Waals surface area contributed by atoms with Crippen molar-refractivity contribution in [1.29, 1.82) is 0 Å². The van der Waals surface area contributed by atoms with Gasteiger partial charge in [0, 0.05) is 12.6 Å². The van der Waals surface area contributed by atoms with Crippen LogP contribution in [0.15, 0.2) is 42.2 Å². The number of phenolic OH excluding ortho intramolecular Hbond substituents is 1. The summed E-state index contributed by atoms with van der Waals surface area (Å²) in [4.78, 5) is 15.2. The van der Waals surface area contributed by atoms with Gasteiger partial charge in [-0.15, -0.1) is 0 Å². The van der Waals surface area contributed by atoms with Crippen molar-refractivity contribution >= 4 is 11.9 Å². The van der Waals surface area contributed by atoms with Crippen LogP contribution >= 0.6 is 0 Å². The Kier molecular flexibility index (Phi) is 5.09. The Morgan fingerprint density at radius 1 is 1.29 bits per heavy atom. The number of ketones is 1. The molecule has 0 spiro atoms. The van der Waals surface area contributed by atoms with E-state index in [-0.39, 0.29) is 17.3 Å². The van der Waals surface area contributed by atoms with E-state index in [1.165, 1.54) is 6.42 Å². The Morgan fingerprint density at radius 3 is 2.93 bits per heavy atom. The fraction of sp³-hybridized carbons (Fsp3) is 0.348.